The predicted octanol–water partition coefficient (Wildman–Crippen LogP) is 4.05. The molecule has 0 aliphatic heterocycles. The van der Waals surface area contributed by atoms with Crippen molar-refractivity contribution in [2.24, 2.45) is 5.92 Å². The second-order valence-electron chi connectivity index (χ2n) is 6.46. The number of anilines is 1. The molecule has 1 aromatic carbocycles. The zero-order valence-electron chi connectivity index (χ0n) is 14.1. The molecule has 124 valence electrons. The summed E-state index contributed by atoms with van der Waals surface area (Å²) in [6.07, 6.45) is 4.54. The SMILES string of the molecule is CC(C)Oc1ccc(C#N)cc1NC(=O)NC1CCCCC1C. The maximum atomic E-state index is 12.3. The molecule has 1 aliphatic carbocycles. The van der Waals surface area contributed by atoms with Crippen molar-refractivity contribution >= 4 is 11.7 Å². The van der Waals surface area contributed by atoms with Crippen molar-refractivity contribution in [2.75, 3.05) is 5.32 Å². The Morgan fingerprint density at radius 1 is 1.35 bits per heavy atom. The van der Waals surface area contributed by atoms with E-state index in [0.717, 1.165) is 19.3 Å². The van der Waals surface area contributed by atoms with E-state index in [-0.39, 0.29) is 18.2 Å². The first kappa shape index (κ1) is 17.1. The molecule has 0 aromatic heterocycles. The lowest BCUT2D eigenvalue weighted by molar-refractivity contribution is 0.231. The Bertz CT molecular complexity index is 592. The first-order valence-electron chi connectivity index (χ1n) is 8.28. The molecule has 5 nitrogen and oxygen atoms in total. The molecule has 2 atom stereocenters. The van der Waals surface area contributed by atoms with E-state index < -0.39 is 0 Å². The van der Waals surface area contributed by atoms with Crippen LogP contribution >= 0.6 is 0 Å². The Morgan fingerprint density at radius 3 is 2.74 bits per heavy atom. The Morgan fingerprint density at radius 2 is 2.09 bits per heavy atom. The fourth-order valence-corrected chi connectivity index (χ4v) is 2.91. The number of ether oxygens (including phenoxy) is 1. The maximum absolute atomic E-state index is 12.3. The molecule has 5 heteroatoms. The molecule has 0 saturated heterocycles. The number of nitrogens with one attached hydrogen (secondary N) is 2. The van der Waals surface area contributed by atoms with Crippen molar-refractivity contribution in [3.8, 4) is 11.8 Å². The van der Waals surface area contributed by atoms with Crippen LogP contribution in [-0.4, -0.2) is 18.2 Å². The highest BCUT2D eigenvalue weighted by Gasteiger charge is 2.23. The second-order valence-corrected chi connectivity index (χ2v) is 6.46. The molecule has 1 aliphatic rings. The number of amides is 2. The van der Waals surface area contributed by atoms with Gasteiger partial charge in [0.15, 0.2) is 0 Å². The number of urea groups is 1. The predicted molar refractivity (Wildman–Crippen MR) is 90.5 cm³/mol. The van der Waals surface area contributed by atoms with Gasteiger partial charge in [0, 0.05) is 6.04 Å². The maximum Gasteiger partial charge on any atom is 0.319 e. The number of benzene rings is 1. The molecule has 2 N–H and O–H groups in total. The highest BCUT2D eigenvalue weighted by Crippen LogP contribution is 2.27. The fourth-order valence-electron chi connectivity index (χ4n) is 2.91. The average Bonchev–Trinajstić information content (AvgIpc) is 2.51. The minimum Gasteiger partial charge on any atom is -0.489 e. The molecule has 1 fully saturated rings. The van der Waals surface area contributed by atoms with E-state index in [0.29, 0.717) is 22.9 Å². The highest BCUT2D eigenvalue weighted by atomic mass is 16.5. The van der Waals surface area contributed by atoms with E-state index in [1.807, 2.05) is 13.8 Å². The van der Waals surface area contributed by atoms with Crippen LogP contribution in [0.4, 0.5) is 10.5 Å². The Hall–Kier alpha value is -2.22. The van der Waals surface area contributed by atoms with Gasteiger partial charge in [-0.05, 0) is 50.8 Å². The highest BCUT2D eigenvalue weighted by molar-refractivity contribution is 5.91. The third kappa shape index (κ3) is 4.88. The van der Waals surface area contributed by atoms with Gasteiger partial charge >= 0.3 is 6.03 Å². The minimum absolute atomic E-state index is 0.00934. The van der Waals surface area contributed by atoms with Crippen molar-refractivity contribution in [3.63, 3.8) is 0 Å². The third-order valence-electron chi connectivity index (χ3n) is 4.15. The average molecular weight is 315 g/mol. The van der Waals surface area contributed by atoms with Crippen LogP contribution in [0.1, 0.15) is 52.0 Å². The Labute approximate surface area is 138 Å². The molecule has 0 spiro atoms. The van der Waals surface area contributed by atoms with E-state index in [1.54, 1.807) is 18.2 Å². The molecular formula is C18H25N3O2. The molecule has 0 heterocycles. The van der Waals surface area contributed by atoms with Crippen LogP contribution in [-0.2, 0) is 0 Å². The van der Waals surface area contributed by atoms with Gasteiger partial charge < -0.3 is 15.4 Å². The quantitative estimate of drug-likeness (QED) is 0.880. The van der Waals surface area contributed by atoms with Gasteiger partial charge in [0.1, 0.15) is 5.75 Å². The minimum atomic E-state index is -0.243. The molecule has 1 aromatic rings. The molecule has 2 amide bonds. The largest absolute Gasteiger partial charge is 0.489 e. The molecule has 2 unspecified atom stereocenters. The van der Waals surface area contributed by atoms with Crippen molar-refractivity contribution in [2.45, 2.75) is 58.6 Å². The smallest absolute Gasteiger partial charge is 0.319 e. The van der Waals surface area contributed by atoms with Gasteiger partial charge in [-0.15, -0.1) is 0 Å². The lowest BCUT2D eigenvalue weighted by Gasteiger charge is -2.29. The number of nitrogens with zero attached hydrogens (tertiary/aromatic N) is 1. The summed E-state index contributed by atoms with van der Waals surface area (Å²) in [4.78, 5) is 12.3. The lowest BCUT2D eigenvalue weighted by atomic mass is 9.86. The molecule has 0 bridgehead atoms. The first-order valence-corrected chi connectivity index (χ1v) is 8.28. The number of rotatable bonds is 4. The van der Waals surface area contributed by atoms with Gasteiger partial charge in [0.25, 0.3) is 0 Å². The van der Waals surface area contributed by atoms with Crippen LogP contribution in [0.5, 0.6) is 5.75 Å². The Kier molecular flexibility index (Phi) is 5.86. The van der Waals surface area contributed by atoms with Crippen molar-refractivity contribution in [3.05, 3.63) is 23.8 Å². The van der Waals surface area contributed by atoms with E-state index >= 15 is 0 Å². The Balaban J connectivity index is 2.07. The van der Waals surface area contributed by atoms with Crippen LogP contribution < -0.4 is 15.4 Å². The van der Waals surface area contributed by atoms with Crippen LogP contribution in [0.15, 0.2) is 18.2 Å². The summed E-state index contributed by atoms with van der Waals surface area (Å²) in [7, 11) is 0. The van der Waals surface area contributed by atoms with Crippen molar-refractivity contribution in [1.82, 2.24) is 5.32 Å². The fraction of sp³-hybridized carbons (Fsp3) is 0.556. The number of nitriles is 1. The number of hydrogen-bond acceptors (Lipinski definition) is 3. The van der Waals surface area contributed by atoms with Gasteiger partial charge in [-0.25, -0.2) is 4.79 Å². The van der Waals surface area contributed by atoms with Gasteiger partial charge in [-0.1, -0.05) is 19.8 Å². The molecule has 2 rings (SSSR count). The van der Waals surface area contributed by atoms with Gasteiger partial charge in [0.05, 0.1) is 23.4 Å². The normalized spacial score (nSPS) is 20.7. The molecule has 1 saturated carbocycles. The summed E-state index contributed by atoms with van der Waals surface area (Å²) in [5.74, 6) is 1.07. The van der Waals surface area contributed by atoms with E-state index in [9.17, 15) is 4.79 Å². The zero-order chi connectivity index (χ0) is 16.8. The first-order chi connectivity index (χ1) is 11.0. The van der Waals surface area contributed by atoms with E-state index in [4.69, 9.17) is 10.00 Å². The lowest BCUT2D eigenvalue weighted by Crippen LogP contribution is -2.43. The summed E-state index contributed by atoms with van der Waals surface area (Å²) in [6, 6.07) is 7.09. The molecule has 23 heavy (non-hydrogen) atoms. The summed E-state index contributed by atoms with van der Waals surface area (Å²) in [6.45, 7) is 6.02. The molecule has 0 radical (unpaired) electrons. The van der Waals surface area contributed by atoms with E-state index in [1.165, 1.54) is 6.42 Å². The topological polar surface area (TPSA) is 74.1 Å². The standard InChI is InChI=1S/C18H25N3O2/c1-12(2)23-17-9-8-14(11-19)10-16(17)21-18(22)20-15-7-5-4-6-13(15)3/h8-10,12-13,15H,4-7H2,1-3H3,(H2,20,21,22). The van der Waals surface area contributed by atoms with Crippen LogP contribution in [0.2, 0.25) is 0 Å². The third-order valence-corrected chi connectivity index (χ3v) is 4.15. The monoisotopic (exact) mass is 315 g/mol. The van der Waals surface area contributed by atoms with Crippen molar-refractivity contribution < 1.29 is 9.53 Å². The summed E-state index contributed by atoms with van der Waals surface area (Å²) in [5.41, 5.74) is 1.01. The number of hydrogen-bond donors (Lipinski definition) is 2. The molecular weight excluding hydrogens is 290 g/mol. The summed E-state index contributed by atoms with van der Waals surface area (Å²) >= 11 is 0. The van der Waals surface area contributed by atoms with Crippen molar-refractivity contribution in [1.29, 1.82) is 5.26 Å². The van der Waals surface area contributed by atoms with Crippen LogP contribution in [0, 0.1) is 17.2 Å². The van der Waals surface area contributed by atoms with Crippen LogP contribution in [0.25, 0.3) is 0 Å². The second kappa shape index (κ2) is 7.87. The van der Waals surface area contributed by atoms with Gasteiger partial charge in [-0.2, -0.15) is 5.26 Å². The van der Waals surface area contributed by atoms with Gasteiger partial charge in [0.2, 0.25) is 0 Å². The summed E-state index contributed by atoms with van der Waals surface area (Å²) in [5, 5.41) is 14.9. The van der Waals surface area contributed by atoms with Crippen LogP contribution in [0.3, 0.4) is 0 Å². The number of carbonyl (C=O) groups excluding carboxylic acids is 1. The van der Waals surface area contributed by atoms with E-state index in [2.05, 4.69) is 23.6 Å². The summed E-state index contributed by atoms with van der Waals surface area (Å²) < 4.78 is 5.70. The number of carbonyl (C=O) groups is 1. The zero-order valence-corrected chi connectivity index (χ0v) is 14.1. The van der Waals surface area contributed by atoms with Gasteiger partial charge in [-0.3, -0.25) is 0 Å².